The molecule has 0 saturated carbocycles. The number of nitrogen functional groups attached to an aromatic ring is 1. The lowest BCUT2D eigenvalue weighted by Crippen LogP contribution is -2.06. The number of rotatable bonds is 4. The third-order valence-electron chi connectivity index (χ3n) is 2.74. The lowest BCUT2D eigenvalue weighted by atomic mass is 10.1. The zero-order valence-corrected chi connectivity index (χ0v) is 9.98. The van der Waals surface area contributed by atoms with Gasteiger partial charge in [-0.05, 0) is 30.5 Å². The standard InChI is InChI=1S/C14H17N3/c1-11-4-2-3-5-12(11)6-7-17-14-8-13(15)9-16-10-14/h2-5,8-10,17H,6-7,15H2,1H3. The molecular weight excluding hydrogens is 210 g/mol. The van der Waals surface area contributed by atoms with E-state index in [0.29, 0.717) is 5.69 Å². The molecule has 0 saturated heterocycles. The minimum Gasteiger partial charge on any atom is -0.397 e. The van der Waals surface area contributed by atoms with Crippen molar-refractivity contribution in [2.24, 2.45) is 0 Å². The summed E-state index contributed by atoms with van der Waals surface area (Å²) in [6.45, 7) is 3.02. The van der Waals surface area contributed by atoms with E-state index < -0.39 is 0 Å². The molecule has 3 N–H and O–H groups in total. The number of pyridine rings is 1. The number of hydrogen-bond donors (Lipinski definition) is 2. The number of benzene rings is 1. The Hall–Kier alpha value is -2.03. The zero-order valence-electron chi connectivity index (χ0n) is 9.98. The van der Waals surface area contributed by atoms with Crippen molar-refractivity contribution in [1.29, 1.82) is 0 Å². The predicted molar refractivity (Wildman–Crippen MR) is 72.0 cm³/mol. The smallest absolute Gasteiger partial charge is 0.0547 e. The summed E-state index contributed by atoms with van der Waals surface area (Å²) in [4.78, 5) is 4.04. The van der Waals surface area contributed by atoms with Crippen LogP contribution in [-0.4, -0.2) is 11.5 Å². The van der Waals surface area contributed by atoms with Gasteiger partial charge in [-0.3, -0.25) is 4.98 Å². The fourth-order valence-corrected chi connectivity index (χ4v) is 1.79. The molecule has 0 aliphatic carbocycles. The molecule has 1 aromatic carbocycles. The van der Waals surface area contributed by atoms with E-state index in [1.807, 2.05) is 6.07 Å². The minimum atomic E-state index is 0.686. The fraction of sp³-hybridized carbons (Fsp3) is 0.214. The van der Waals surface area contributed by atoms with Crippen LogP contribution in [0.4, 0.5) is 11.4 Å². The van der Waals surface area contributed by atoms with Gasteiger partial charge < -0.3 is 11.1 Å². The van der Waals surface area contributed by atoms with Gasteiger partial charge in [0.25, 0.3) is 0 Å². The van der Waals surface area contributed by atoms with Crippen molar-refractivity contribution in [2.45, 2.75) is 13.3 Å². The van der Waals surface area contributed by atoms with E-state index in [1.165, 1.54) is 11.1 Å². The minimum absolute atomic E-state index is 0.686. The van der Waals surface area contributed by atoms with E-state index in [-0.39, 0.29) is 0 Å². The SMILES string of the molecule is Cc1ccccc1CCNc1cncc(N)c1. The molecule has 0 bridgehead atoms. The number of aromatic nitrogens is 1. The summed E-state index contributed by atoms with van der Waals surface area (Å²) in [5, 5.41) is 3.32. The average molecular weight is 227 g/mol. The van der Waals surface area contributed by atoms with Gasteiger partial charge in [0, 0.05) is 12.7 Å². The van der Waals surface area contributed by atoms with Crippen molar-refractivity contribution in [2.75, 3.05) is 17.6 Å². The monoisotopic (exact) mass is 227 g/mol. The first kappa shape index (κ1) is 11.5. The summed E-state index contributed by atoms with van der Waals surface area (Å²) >= 11 is 0. The Balaban J connectivity index is 1.90. The van der Waals surface area contributed by atoms with E-state index in [0.717, 1.165) is 18.7 Å². The molecule has 2 aromatic rings. The second-order valence-electron chi connectivity index (χ2n) is 4.11. The van der Waals surface area contributed by atoms with Crippen molar-refractivity contribution >= 4 is 11.4 Å². The molecule has 0 aliphatic rings. The number of anilines is 2. The quantitative estimate of drug-likeness (QED) is 0.844. The lowest BCUT2D eigenvalue weighted by molar-refractivity contribution is 1.00. The summed E-state index contributed by atoms with van der Waals surface area (Å²) in [6, 6.07) is 10.3. The van der Waals surface area contributed by atoms with Crippen molar-refractivity contribution in [1.82, 2.24) is 4.98 Å². The van der Waals surface area contributed by atoms with Crippen LogP contribution in [0.2, 0.25) is 0 Å². The van der Waals surface area contributed by atoms with Crippen LogP contribution in [-0.2, 0) is 6.42 Å². The molecule has 0 spiro atoms. The van der Waals surface area contributed by atoms with E-state index >= 15 is 0 Å². The predicted octanol–water partition coefficient (Wildman–Crippen LogP) is 2.63. The summed E-state index contributed by atoms with van der Waals surface area (Å²) in [5.74, 6) is 0. The number of nitrogens with two attached hydrogens (primary N) is 1. The molecule has 2 rings (SSSR count). The maximum atomic E-state index is 5.66. The third-order valence-corrected chi connectivity index (χ3v) is 2.74. The molecule has 3 nitrogen and oxygen atoms in total. The average Bonchev–Trinajstić information content (AvgIpc) is 2.32. The summed E-state index contributed by atoms with van der Waals surface area (Å²) in [6.07, 6.45) is 4.43. The highest BCUT2D eigenvalue weighted by Crippen LogP contribution is 2.11. The van der Waals surface area contributed by atoms with Gasteiger partial charge >= 0.3 is 0 Å². The zero-order chi connectivity index (χ0) is 12.1. The highest BCUT2D eigenvalue weighted by atomic mass is 14.9. The van der Waals surface area contributed by atoms with Crippen LogP contribution < -0.4 is 11.1 Å². The van der Waals surface area contributed by atoms with Crippen molar-refractivity contribution in [3.63, 3.8) is 0 Å². The summed E-state index contributed by atoms with van der Waals surface area (Å²) < 4.78 is 0. The highest BCUT2D eigenvalue weighted by molar-refractivity contribution is 5.51. The van der Waals surface area contributed by atoms with Crippen LogP contribution in [0, 0.1) is 6.92 Å². The summed E-state index contributed by atoms with van der Waals surface area (Å²) in [5.41, 5.74) is 10.0. The number of hydrogen-bond acceptors (Lipinski definition) is 3. The van der Waals surface area contributed by atoms with Crippen molar-refractivity contribution < 1.29 is 0 Å². The van der Waals surface area contributed by atoms with Crippen LogP contribution >= 0.6 is 0 Å². The number of nitrogens with zero attached hydrogens (tertiary/aromatic N) is 1. The Morgan fingerprint density at radius 2 is 2.06 bits per heavy atom. The molecule has 1 heterocycles. The molecular formula is C14H17N3. The largest absolute Gasteiger partial charge is 0.397 e. The topological polar surface area (TPSA) is 50.9 Å². The van der Waals surface area contributed by atoms with Crippen molar-refractivity contribution in [3.05, 3.63) is 53.9 Å². The second kappa shape index (κ2) is 5.34. The molecule has 0 atom stereocenters. The summed E-state index contributed by atoms with van der Waals surface area (Å²) in [7, 11) is 0. The first-order valence-electron chi connectivity index (χ1n) is 5.74. The van der Waals surface area contributed by atoms with Gasteiger partial charge in [-0.25, -0.2) is 0 Å². The molecule has 0 amide bonds. The number of aryl methyl sites for hydroxylation is 1. The van der Waals surface area contributed by atoms with Crippen LogP contribution in [0.5, 0.6) is 0 Å². The van der Waals surface area contributed by atoms with E-state index in [2.05, 4.69) is 41.5 Å². The van der Waals surface area contributed by atoms with Gasteiger partial charge in [0.1, 0.15) is 0 Å². The molecule has 0 radical (unpaired) electrons. The van der Waals surface area contributed by atoms with Crippen molar-refractivity contribution in [3.8, 4) is 0 Å². The van der Waals surface area contributed by atoms with Crippen LogP contribution in [0.15, 0.2) is 42.7 Å². The lowest BCUT2D eigenvalue weighted by Gasteiger charge is -2.08. The fourth-order valence-electron chi connectivity index (χ4n) is 1.79. The molecule has 3 heteroatoms. The molecule has 0 unspecified atom stereocenters. The molecule has 0 fully saturated rings. The third kappa shape index (κ3) is 3.21. The first-order chi connectivity index (χ1) is 8.25. The van der Waals surface area contributed by atoms with Gasteiger partial charge in [0.05, 0.1) is 17.6 Å². The Labute approximate surface area is 102 Å². The first-order valence-corrected chi connectivity index (χ1v) is 5.74. The van der Waals surface area contributed by atoms with Gasteiger partial charge in [-0.1, -0.05) is 24.3 Å². The Morgan fingerprint density at radius 1 is 1.24 bits per heavy atom. The van der Waals surface area contributed by atoms with E-state index in [9.17, 15) is 0 Å². The maximum Gasteiger partial charge on any atom is 0.0547 e. The Kier molecular flexibility index (Phi) is 3.60. The van der Waals surface area contributed by atoms with Crippen LogP contribution in [0.3, 0.4) is 0 Å². The molecule has 88 valence electrons. The highest BCUT2D eigenvalue weighted by Gasteiger charge is 1.97. The molecule has 1 aromatic heterocycles. The van der Waals surface area contributed by atoms with Gasteiger partial charge in [0.15, 0.2) is 0 Å². The maximum absolute atomic E-state index is 5.66. The van der Waals surface area contributed by atoms with E-state index in [4.69, 9.17) is 5.73 Å². The van der Waals surface area contributed by atoms with E-state index in [1.54, 1.807) is 12.4 Å². The van der Waals surface area contributed by atoms with Gasteiger partial charge in [-0.15, -0.1) is 0 Å². The molecule has 0 aliphatic heterocycles. The van der Waals surface area contributed by atoms with Gasteiger partial charge in [0.2, 0.25) is 0 Å². The Morgan fingerprint density at radius 3 is 2.82 bits per heavy atom. The normalized spacial score (nSPS) is 10.2. The van der Waals surface area contributed by atoms with Gasteiger partial charge in [-0.2, -0.15) is 0 Å². The Bertz CT molecular complexity index is 494. The number of nitrogens with one attached hydrogen (secondary N) is 1. The second-order valence-corrected chi connectivity index (χ2v) is 4.11. The molecule has 17 heavy (non-hydrogen) atoms. The van der Waals surface area contributed by atoms with Crippen LogP contribution in [0.25, 0.3) is 0 Å². The van der Waals surface area contributed by atoms with Crippen LogP contribution in [0.1, 0.15) is 11.1 Å².